The number of fused-ring (bicyclic) bond motifs is 1. The minimum absolute atomic E-state index is 0.255. The molecule has 1 atom stereocenters. The van der Waals surface area contributed by atoms with Crippen molar-refractivity contribution in [1.82, 2.24) is 14.9 Å². The molecule has 1 aliphatic carbocycles. The number of hydrogen-bond acceptors (Lipinski definition) is 8. The van der Waals surface area contributed by atoms with Gasteiger partial charge < -0.3 is 19.6 Å². The molecule has 2 aromatic heterocycles. The van der Waals surface area contributed by atoms with E-state index in [0.717, 1.165) is 12.8 Å². The Labute approximate surface area is 167 Å². The summed E-state index contributed by atoms with van der Waals surface area (Å²) in [6.45, 7) is 7.40. The highest BCUT2D eigenvalue weighted by Crippen LogP contribution is 2.30. The Hall–Kier alpha value is -1.81. The smallest absolute Gasteiger partial charge is 0.348 e. The van der Waals surface area contributed by atoms with Crippen molar-refractivity contribution >= 4 is 27.5 Å². The standard InChI is InChI=1S/C19H27N3O5S/c1-4-26-10-13(23)8-22(12-6-7-12)9-14-20-17(24)15-11(3)16(19(25)27-5-2)28-18(15)21-14/h12-13,23H,4-10H2,1-3H3,(H,20,21,24). The molecule has 2 heterocycles. The number of ether oxygens (including phenoxy) is 2. The lowest BCUT2D eigenvalue weighted by atomic mass is 10.2. The second-order valence-corrected chi connectivity index (χ2v) is 7.94. The molecule has 2 aromatic rings. The molecule has 2 N–H and O–H groups in total. The van der Waals surface area contributed by atoms with E-state index < -0.39 is 12.1 Å². The average molecular weight is 410 g/mol. The third-order valence-electron chi connectivity index (χ3n) is 4.69. The van der Waals surface area contributed by atoms with E-state index in [1.54, 1.807) is 13.8 Å². The summed E-state index contributed by atoms with van der Waals surface area (Å²) in [6, 6.07) is 0.387. The van der Waals surface area contributed by atoms with Gasteiger partial charge in [0.2, 0.25) is 0 Å². The van der Waals surface area contributed by atoms with Gasteiger partial charge >= 0.3 is 5.97 Å². The molecule has 0 spiro atoms. The van der Waals surface area contributed by atoms with E-state index in [9.17, 15) is 14.7 Å². The zero-order valence-electron chi connectivity index (χ0n) is 16.5. The molecule has 3 rings (SSSR count). The van der Waals surface area contributed by atoms with Gasteiger partial charge in [-0.25, -0.2) is 9.78 Å². The van der Waals surface area contributed by atoms with E-state index in [2.05, 4.69) is 14.9 Å². The maximum Gasteiger partial charge on any atom is 0.348 e. The number of aromatic nitrogens is 2. The number of aromatic amines is 1. The first-order valence-electron chi connectivity index (χ1n) is 9.63. The molecule has 1 unspecified atom stereocenters. The van der Waals surface area contributed by atoms with Crippen molar-refractivity contribution in [2.24, 2.45) is 0 Å². The zero-order valence-corrected chi connectivity index (χ0v) is 17.3. The molecule has 0 radical (unpaired) electrons. The molecular formula is C19H27N3O5S. The number of nitrogens with zero attached hydrogens (tertiary/aromatic N) is 2. The van der Waals surface area contributed by atoms with Gasteiger partial charge in [-0.2, -0.15) is 0 Å². The van der Waals surface area contributed by atoms with Gasteiger partial charge in [0.15, 0.2) is 0 Å². The number of aryl methyl sites for hydroxylation is 1. The number of carbonyl (C=O) groups is 1. The van der Waals surface area contributed by atoms with Crippen LogP contribution < -0.4 is 5.56 Å². The lowest BCUT2D eigenvalue weighted by Crippen LogP contribution is -2.37. The normalized spacial score (nSPS) is 15.3. The number of thiophene rings is 1. The van der Waals surface area contributed by atoms with Crippen LogP contribution in [0, 0.1) is 6.92 Å². The summed E-state index contributed by atoms with van der Waals surface area (Å²) in [5.41, 5.74) is 0.347. The number of aliphatic hydroxyl groups excluding tert-OH is 1. The monoisotopic (exact) mass is 409 g/mol. The summed E-state index contributed by atoms with van der Waals surface area (Å²) in [5.74, 6) is 0.104. The second kappa shape index (κ2) is 9.13. The van der Waals surface area contributed by atoms with Crippen LogP contribution in [0.2, 0.25) is 0 Å². The Balaban J connectivity index is 1.82. The first kappa shape index (κ1) is 20.9. The van der Waals surface area contributed by atoms with Crippen molar-refractivity contribution in [2.45, 2.75) is 52.3 Å². The molecule has 8 nitrogen and oxygen atoms in total. The largest absolute Gasteiger partial charge is 0.462 e. The number of carbonyl (C=O) groups excluding carboxylic acids is 1. The third-order valence-corrected chi connectivity index (χ3v) is 5.85. The Kier molecular flexibility index (Phi) is 6.82. The van der Waals surface area contributed by atoms with Crippen molar-refractivity contribution in [2.75, 3.05) is 26.4 Å². The second-order valence-electron chi connectivity index (χ2n) is 6.94. The first-order valence-corrected chi connectivity index (χ1v) is 10.4. The molecule has 28 heavy (non-hydrogen) atoms. The topological polar surface area (TPSA) is 105 Å². The van der Waals surface area contributed by atoms with E-state index >= 15 is 0 Å². The average Bonchev–Trinajstić information content (AvgIpc) is 3.43. The van der Waals surface area contributed by atoms with Gasteiger partial charge in [-0.1, -0.05) is 0 Å². The fourth-order valence-electron chi connectivity index (χ4n) is 3.21. The van der Waals surface area contributed by atoms with Crippen LogP contribution in [0.3, 0.4) is 0 Å². The van der Waals surface area contributed by atoms with Gasteiger partial charge in [0.25, 0.3) is 5.56 Å². The summed E-state index contributed by atoms with van der Waals surface area (Å²) in [7, 11) is 0. The van der Waals surface area contributed by atoms with Gasteiger partial charge in [0.1, 0.15) is 15.5 Å². The van der Waals surface area contributed by atoms with Crippen molar-refractivity contribution < 1.29 is 19.4 Å². The molecule has 0 amide bonds. The van der Waals surface area contributed by atoms with Crippen LogP contribution in [0.1, 0.15) is 47.7 Å². The molecule has 0 aliphatic heterocycles. The van der Waals surface area contributed by atoms with Crippen LogP contribution in [0.25, 0.3) is 10.2 Å². The molecule has 1 aliphatic rings. The maximum atomic E-state index is 12.6. The molecule has 1 saturated carbocycles. The van der Waals surface area contributed by atoms with Gasteiger partial charge in [0.05, 0.1) is 31.2 Å². The molecule has 0 aromatic carbocycles. The molecular weight excluding hydrogens is 382 g/mol. The van der Waals surface area contributed by atoms with Gasteiger partial charge in [-0.05, 0) is 39.2 Å². The molecule has 0 saturated heterocycles. The minimum Gasteiger partial charge on any atom is -0.462 e. The Bertz CT molecular complexity index is 890. The van der Waals surface area contributed by atoms with Crippen LogP contribution in [0.15, 0.2) is 4.79 Å². The lowest BCUT2D eigenvalue weighted by Gasteiger charge is -2.24. The highest BCUT2D eigenvalue weighted by molar-refractivity contribution is 7.20. The van der Waals surface area contributed by atoms with E-state index in [1.807, 2.05) is 6.92 Å². The van der Waals surface area contributed by atoms with Crippen LogP contribution in [0.4, 0.5) is 0 Å². The lowest BCUT2D eigenvalue weighted by molar-refractivity contribution is 0.0174. The summed E-state index contributed by atoms with van der Waals surface area (Å²) >= 11 is 1.18. The number of aliphatic hydroxyl groups is 1. The molecule has 154 valence electrons. The summed E-state index contributed by atoms with van der Waals surface area (Å²) in [4.78, 5) is 35.2. The van der Waals surface area contributed by atoms with E-state index in [1.165, 1.54) is 11.3 Å². The Morgan fingerprint density at radius 3 is 2.79 bits per heavy atom. The van der Waals surface area contributed by atoms with Crippen LogP contribution in [-0.2, 0) is 16.0 Å². The van der Waals surface area contributed by atoms with Crippen molar-refractivity contribution in [3.8, 4) is 0 Å². The minimum atomic E-state index is -0.588. The molecule has 1 fully saturated rings. The predicted molar refractivity (Wildman–Crippen MR) is 107 cm³/mol. The Morgan fingerprint density at radius 1 is 1.39 bits per heavy atom. The number of nitrogens with one attached hydrogen (secondary N) is 1. The predicted octanol–water partition coefficient (Wildman–Crippen LogP) is 1.83. The van der Waals surface area contributed by atoms with Gasteiger partial charge in [0, 0.05) is 19.2 Å². The molecule has 0 bridgehead atoms. The first-order chi connectivity index (χ1) is 13.4. The molecule has 9 heteroatoms. The number of esters is 1. The summed E-state index contributed by atoms with van der Waals surface area (Å²) < 4.78 is 10.4. The summed E-state index contributed by atoms with van der Waals surface area (Å²) in [5, 5.41) is 10.6. The number of hydrogen-bond donors (Lipinski definition) is 2. The van der Waals surface area contributed by atoms with E-state index in [-0.39, 0.29) is 18.8 Å². The van der Waals surface area contributed by atoms with Crippen LogP contribution in [0.5, 0.6) is 0 Å². The Morgan fingerprint density at radius 2 is 2.14 bits per heavy atom. The van der Waals surface area contributed by atoms with Gasteiger partial charge in [-0.15, -0.1) is 11.3 Å². The SMILES string of the molecule is CCOCC(O)CN(Cc1nc2sc(C(=O)OCC)c(C)c2c(=O)[nH]1)C1CC1. The highest BCUT2D eigenvalue weighted by Gasteiger charge is 2.31. The van der Waals surface area contributed by atoms with Crippen LogP contribution in [-0.4, -0.2) is 64.5 Å². The van der Waals surface area contributed by atoms with E-state index in [0.29, 0.717) is 52.2 Å². The van der Waals surface area contributed by atoms with Gasteiger partial charge in [-0.3, -0.25) is 9.69 Å². The zero-order chi connectivity index (χ0) is 20.3. The number of H-pyrrole nitrogens is 1. The third kappa shape index (κ3) is 4.78. The highest BCUT2D eigenvalue weighted by atomic mass is 32.1. The van der Waals surface area contributed by atoms with E-state index in [4.69, 9.17) is 9.47 Å². The number of rotatable bonds is 10. The van der Waals surface area contributed by atoms with Crippen LogP contribution >= 0.6 is 11.3 Å². The van der Waals surface area contributed by atoms with Crippen molar-refractivity contribution in [3.63, 3.8) is 0 Å². The van der Waals surface area contributed by atoms with Crippen molar-refractivity contribution in [1.29, 1.82) is 0 Å². The maximum absolute atomic E-state index is 12.6. The summed E-state index contributed by atoms with van der Waals surface area (Å²) in [6.07, 6.45) is 1.55. The fourth-order valence-corrected chi connectivity index (χ4v) is 4.30. The quantitative estimate of drug-likeness (QED) is 0.577. The van der Waals surface area contributed by atoms with Crippen molar-refractivity contribution in [3.05, 3.63) is 26.6 Å². The fraction of sp³-hybridized carbons (Fsp3) is 0.632.